The molecule has 6 nitrogen and oxygen atoms in total. The van der Waals surface area contributed by atoms with E-state index < -0.39 is 0 Å². The summed E-state index contributed by atoms with van der Waals surface area (Å²) in [5.74, 6) is 0.508. The van der Waals surface area contributed by atoms with Crippen LogP contribution in [0.5, 0.6) is 6.01 Å². The fourth-order valence-corrected chi connectivity index (χ4v) is 3.55. The molecule has 3 aromatic carbocycles. The summed E-state index contributed by atoms with van der Waals surface area (Å²) in [6.07, 6.45) is 0. The second-order valence-corrected chi connectivity index (χ2v) is 7.76. The Labute approximate surface area is 189 Å². The Morgan fingerprint density at radius 1 is 1.03 bits per heavy atom. The molecule has 1 aromatic heterocycles. The van der Waals surface area contributed by atoms with E-state index in [4.69, 9.17) is 4.74 Å². The van der Waals surface area contributed by atoms with E-state index in [9.17, 15) is 4.79 Å². The van der Waals surface area contributed by atoms with Crippen LogP contribution in [0.15, 0.2) is 77.3 Å². The van der Waals surface area contributed by atoms with E-state index in [1.807, 2.05) is 80.6 Å². The first-order chi connectivity index (χ1) is 15.0. The lowest BCUT2D eigenvalue weighted by Crippen LogP contribution is -2.12. The average molecular weight is 477 g/mol. The van der Waals surface area contributed by atoms with Crippen molar-refractivity contribution >= 4 is 27.5 Å². The molecule has 0 fully saturated rings. The van der Waals surface area contributed by atoms with Crippen molar-refractivity contribution in [1.29, 1.82) is 0 Å². The lowest BCUT2D eigenvalue weighted by Gasteiger charge is -2.09. The highest BCUT2D eigenvalue weighted by Gasteiger charge is 2.15. The van der Waals surface area contributed by atoms with E-state index in [-0.39, 0.29) is 5.91 Å². The Morgan fingerprint density at radius 2 is 1.74 bits per heavy atom. The van der Waals surface area contributed by atoms with Crippen LogP contribution in [-0.4, -0.2) is 27.3 Å². The molecule has 7 heteroatoms. The van der Waals surface area contributed by atoms with Gasteiger partial charge >= 0.3 is 6.01 Å². The zero-order chi connectivity index (χ0) is 21.8. The van der Waals surface area contributed by atoms with Crippen LogP contribution in [0.1, 0.15) is 22.8 Å². The second-order valence-electron chi connectivity index (χ2n) is 6.91. The van der Waals surface area contributed by atoms with Gasteiger partial charge < -0.3 is 10.1 Å². The lowest BCUT2D eigenvalue weighted by atomic mass is 10.1. The van der Waals surface area contributed by atoms with Gasteiger partial charge in [0.05, 0.1) is 17.9 Å². The zero-order valence-electron chi connectivity index (χ0n) is 17.2. The number of nitrogens with one attached hydrogen (secondary N) is 1. The van der Waals surface area contributed by atoms with Gasteiger partial charge in [0.25, 0.3) is 5.91 Å². The Kier molecular flexibility index (Phi) is 6.13. The van der Waals surface area contributed by atoms with Crippen molar-refractivity contribution in [3.05, 3.63) is 88.4 Å². The van der Waals surface area contributed by atoms with Crippen LogP contribution in [-0.2, 0) is 0 Å². The number of amides is 1. The van der Waals surface area contributed by atoms with Gasteiger partial charge in [-0.15, -0.1) is 5.10 Å². The number of nitrogens with zero attached hydrogens (tertiary/aromatic N) is 3. The minimum absolute atomic E-state index is 0.181. The highest BCUT2D eigenvalue weighted by atomic mass is 79.9. The van der Waals surface area contributed by atoms with Crippen LogP contribution in [0.25, 0.3) is 17.1 Å². The molecule has 0 atom stereocenters. The Hall–Kier alpha value is -3.45. The average Bonchev–Trinajstić information content (AvgIpc) is 3.19. The van der Waals surface area contributed by atoms with Crippen LogP contribution in [0.4, 0.5) is 5.69 Å². The van der Waals surface area contributed by atoms with Crippen LogP contribution in [0, 0.1) is 6.92 Å². The predicted molar refractivity (Wildman–Crippen MR) is 125 cm³/mol. The van der Waals surface area contributed by atoms with E-state index >= 15 is 0 Å². The normalized spacial score (nSPS) is 10.7. The molecule has 0 aliphatic rings. The van der Waals surface area contributed by atoms with Crippen molar-refractivity contribution in [1.82, 2.24) is 14.8 Å². The minimum Gasteiger partial charge on any atom is -0.463 e. The van der Waals surface area contributed by atoms with Gasteiger partial charge in [0.1, 0.15) is 0 Å². The molecular formula is C24H21BrN4O2. The summed E-state index contributed by atoms with van der Waals surface area (Å²) < 4.78 is 8.02. The van der Waals surface area contributed by atoms with Gasteiger partial charge in [-0.25, -0.2) is 4.68 Å². The van der Waals surface area contributed by atoms with Crippen molar-refractivity contribution < 1.29 is 9.53 Å². The molecule has 0 saturated heterocycles. The number of carbonyl (C=O) groups excluding carboxylic acids is 1. The summed E-state index contributed by atoms with van der Waals surface area (Å²) >= 11 is 3.41. The summed E-state index contributed by atoms with van der Waals surface area (Å²) in [6, 6.07) is 23.2. The summed E-state index contributed by atoms with van der Waals surface area (Å²) in [5, 5.41) is 7.43. The number of rotatable bonds is 6. The SMILES string of the molecule is CCOc1nc(-c2ccc(C)cc2)n(-c2ccc(NC(=O)c3ccccc3Br)cc2)n1. The first kappa shape index (κ1) is 20.8. The molecule has 4 aromatic rings. The maximum atomic E-state index is 12.5. The van der Waals surface area contributed by atoms with Gasteiger partial charge in [0.15, 0.2) is 5.82 Å². The zero-order valence-corrected chi connectivity index (χ0v) is 18.8. The summed E-state index contributed by atoms with van der Waals surface area (Å²) in [6.45, 7) is 4.42. The van der Waals surface area contributed by atoms with E-state index in [1.165, 1.54) is 5.56 Å². The molecule has 4 rings (SSSR count). The third-order valence-electron chi connectivity index (χ3n) is 4.66. The number of anilines is 1. The maximum Gasteiger partial charge on any atom is 0.336 e. The molecule has 0 bridgehead atoms. The van der Waals surface area contributed by atoms with E-state index in [2.05, 4.69) is 31.3 Å². The fourth-order valence-electron chi connectivity index (χ4n) is 3.08. The highest BCUT2D eigenvalue weighted by Crippen LogP contribution is 2.25. The number of halogens is 1. The molecule has 1 amide bonds. The number of aromatic nitrogens is 3. The van der Waals surface area contributed by atoms with Gasteiger partial charge in [0, 0.05) is 15.7 Å². The number of hydrogen-bond acceptors (Lipinski definition) is 4. The minimum atomic E-state index is -0.181. The van der Waals surface area contributed by atoms with Crippen molar-refractivity contribution in [3.63, 3.8) is 0 Å². The third kappa shape index (κ3) is 4.67. The molecule has 0 spiro atoms. The molecule has 1 N–H and O–H groups in total. The van der Waals surface area contributed by atoms with Gasteiger partial charge in [-0.2, -0.15) is 4.98 Å². The largest absolute Gasteiger partial charge is 0.463 e. The molecule has 156 valence electrons. The molecule has 0 radical (unpaired) electrons. The van der Waals surface area contributed by atoms with Crippen molar-refractivity contribution in [2.45, 2.75) is 13.8 Å². The van der Waals surface area contributed by atoms with Gasteiger partial charge in [0.2, 0.25) is 0 Å². The third-order valence-corrected chi connectivity index (χ3v) is 5.35. The van der Waals surface area contributed by atoms with E-state index in [0.717, 1.165) is 15.7 Å². The molecular weight excluding hydrogens is 456 g/mol. The van der Waals surface area contributed by atoms with Gasteiger partial charge in [-0.05, 0) is 66.2 Å². The standard InChI is InChI=1S/C24H21BrN4O2/c1-3-31-24-27-22(17-10-8-16(2)9-11-17)29(28-24)19-14-12-18(13-15-19)26-23(30)20-6-4-5-7-21(20)25/h4-15H,3H2,1-2H3,(H,26,30). The lowest BCUT2D eigenvalue weighted by molar-refractivity contribution is 0.102. The second kappa shape index (κ2) is 9.14. The number of benzene rings is 3. The van der Waals surface area contributed by atoms with E-state index in [0.29, 0.717) is 29.7 Å². The molecule has 0 aliphatic heterocycles. The first-order valence-electron chi connectivity index (χ1n) is 9.88. The number of aryl methyl sites for hydroxylation is 1. The predicted octanol–water partition coefficient (Wildman–Crippen LogP) is 5.66. The van der Waals surface area contributed by atoms with Gasteiger partial charge in [-0.3, -0.25) is 4.79 Å². The molecule has 1 heterocycles. The smallest absolute Gasteiger partial charge is 0.336 e. The van der Waals surface area contributed by atoms with Crippen molar-refractivity contribution in [3.8, 4) is 23.1 Å². The highest BCUT2D eigenvalue weighted by molar-refractivity contribution is 9.10. The Balaban J connectivity index is 1.62. The van der Waals surface area contributed by atoms with Crippen molar-refractivity contribution in [2.24, 2.45) is 0 Å². The molecule has 0 unspecified atom stereocenters. The number of hydrogen-bond donors (Lipinski definition) is 1. The van der Waals surface area contributed by atoms with Crippen LogP contribution >= 0.6 is 15.9 Å². The first-order valence-corrected chi connectivity index (χ1v) is 10.7. The number of ether oxygens (including phenoxy) is 1. The fraction of sp³-hybridized carbons (Fsp3) is 0.125. The topological polar surface area (TPSA) is 69.0 Å². The summed E-state index contributed by atoms with van der Waals surface area (Å²) in [4.78, 5) is 17.1. The summed E-state index contributed by atoms with van der Waals surface area (Å²) in [7, 11) is 0. The van der Waals surface area contributed by atoms with E-state index in [1.54, 1.807) is 10.7 Å². The van der Waals surface area contributed by atoms with Crippen LogP contribution in [0.3, 0.4) is 0 Å². The Morgan fingerprint density at radius 3 is 2.42 bits per heavy atom. The Bertz CT molecular complexity index is 1200. The monoisotopic (exact) mass is 476 g/mol. The van der Waals surface area contributed by atoms with Crippen molar-refractivity contribution in [2.75, 3.05) is 11.9 Å². The molecule has 0 aliphatic carbocycles. The quantitative estimate of drug-likeness (QED) is 0.389. The van der Waals surface area contributed by atoms with Crippen LogP contribution < -0.4 is 10.1 Å². The molecule has 31 heavy (non-hydrogen) atoms. The maximum absolute atomic E-state index is 12.5. The van der Waals surface area contributed by atoms with Gasteiger partial charge in [-0.1, -0.05) is 42.0 Å². The number of carbonyl (C=O) groups is 1. The van der Waals surface area contributed by atoms with Crippen LogP contribution in [0.2, 0.25) is 0 Å². The molecule has 0 saturated carbocycles. The summed E-state index contributed by atoms with van der Waals surface area (Å²) in [5.41, 5.74) is 4.19.